The van der Waals surface area contributed by atoms with Crippen LogP contribution < -0.4 is 5.63 Å². The largest absolute Gasteiger partial charge is 0.427 e. The molecule has 1 amide bonds. The fourth-order valence-corrected chi connectivity index (χ4v) is 2.45. The van der Waals surface area contributed by atoms with E-state index in [4.69, 9.17) is 4.42 Å². The van der Waals surface area contributed by atoms with E-state index >= 15 is 0 Å². The molecule has 0 bridgehead atoms. The van der Waals surface area contributed by atoms with Crippen molar-refractivity contribution in [3.8, 4) is 0 Å². The first-order chi connectivity index (χ1) is 8.49. The van der Waals surface area contributed by atoms with Crippen LogP contribution >= 0.6 is 0 Å². The smallest absolute Gasteiger partial charge is 0.336 e. The lowest BCUT2D eigenvalue weighted by atomic mass is 9.98. The topological polar surface area (TPSA) is 50.5 Å². The molecule has 4 nitrogen and oxygen atoms in total. The van der Waals surface area contributed by atoms with Gasteiger partial charge in [0.2, 0.25) is 0 Å². The number of amides is 1. The van der Waals surface area contributed by atoms with E-state index in [-0.39, 0.29) is 5.91 Å². The molecule has 0 radical (unpaired) electrons. The molecule has 0 N–H and O–H groups in total. The Labute approximate surface area is 107 Å². The average molecular weight is 249 g/mol. The quantitative estimate of drug-likeness (QED) is 0.766. The monoisotopic (exact) mass is 249 g/mol. The molecule has 0 unspecified atom stereocenters. The van der Waals surface area contributed by atoms with E-state index in [1.165, 1.54) is 6.07 Å². The van der Waals surface area contributed by atoms with Gasteiger partial charge in [0.05, 0.1) is 5.56 Å². The van der Waals surface area contributed by atoms with Crippen LogP contribution in [0.25, 0.3) is 0 Å². The summed E-state index contributed by atoms with van der Waals surface area (Å²) < 4.78 is 5.02. The molecular formula is C14H19NO3. The molecule has 0 aromatic carbocycles. The van der Waals surface area contributed by atoms with Crippen LogP contribution in [-0.4, -0.2) is 23.9 Å². The summed E-state index contributed by atoms with van der Waals surface area (Å²) in [5, 5.41) is 0. The fourth-order valence-electron chi connectivity index (χ4n) is 2.45. The zero-order valence-electron chi connectivity index (χ0n) is 11.2. The third kappa shape index (κ3) is 2.47. The van der Waals surface area contributed by atoms with Crippen molar-refractivity contribution in [2.24, 2.45) is 5.92 Å². The molecule has 2 heterocycles. The first-order valence-electron chi connectivity index (χ1n) is 6.39. The molecular weight excluding hydrogens is 230 g/mol. The number of nitrogens with zero attached hydrogens (tertiary/aromatic N) is 1. The summed E-state index contributed by atoms with van der Waals surface area (Å²) in [6, 6.07) is 1.38. The Balaban J connectivity index is 2.26. The Morgan fingerprint density at radius 3 is 2.50 bits per heavy atom. The number of aryl methyl sites for hydroxylation is 2. The van der Waals surface area contributed by atoms with Crippen LogP contribution in [0.2, 0.25) is 0 Å². The summed E-state index contributed by atoms with van der Waals surface area (Å²) in [5.41, 5.74) is 0.852. The molecule has 1 aromatic rings. The Bertz CT molecular complexity index is 484. The van der Waals surface area contributed by atoms with Crippen LogP contribution in [0.15, 0.2) is 15.3 Å². The molecule has 1 fully saturated rings. The van der Waals surface area contributed by atoms with E-state index in [1.807, 2.05) is 4.90 Å². The number of piperidine rings is 1. The van der Waals surface area contributed by atoms with Gasteiger partial charge >= 0.3 is 5.63 Å². The van der Waals surface area contributed by atoms with Crippen molar-refractivity contribution in [3.63, 3.8) is 0 Å². The van der Waals surface area contributed by atoms with Crippen LogP contribution in [0.3, 0.4) is 0 Å². The summed E-state index contributed by atoms with van der Waals surface area (Å²) in [4.78, 5) is 25.5. The van der Waals surface area contributed by atoms with Gasteiger partial charge in [-0.15, -0.1) is 0 Å². The Kier molecular flexibility index (Phi) is 3.55. The highest BCUT2D eigenvalue weighted by molar-refractivity contribution is 5.96. The van der Waals surface area contributed by atoms with Gasteiger partial charge in [-0.2, -0.15) is 0 Å². The second kappa shape index (κ2) is 4.96. The minimum Gasteiger partial charge on any atom is -0.427 e. The van der Waals surface area contributed by atoms with E-state index in [0.29, 0.717) is 22.8 Å². The van der Waals surface area contributed by atoms with Crippen molar-refractivity contribution in [1.82, 2.24) is 4.90 Å². The summed E-state index contributed by atoms with van der Waals surface area (Å²) in [7, 11) is 0. The van der Waals surface area contributed by atoms with Gasteiger partial charge in [-0.1, -0.05) is 6.92 Å². The highest BCUT2D eigenvalue weighted by Crippen LogP contribution is 2.20. The Morgan fingerprint density at radius 1 is 1.33 bits per heavy atom. The summed E-state index contributed by atoms with van der Waals surface area (Å²) in [6.07, 6.45) is 2.08. The van der Waals surface area contributed by atoms with Gasteiger partial charge < -0.3 is 9.32 Å². The maximum absolute atomic E-state index is 12.4. The van der Waals surface area contributed by atoms with Gasteiger partial charge in [0.1, 0.15) is 5.76 Å². The molecule has 2 rings (SSSR count). The van der Waals surface area contributed by atoms with Crippen LogP contribution in [0.5, 0.6) is 0 Å². The van der Waals surface area contributed by atoms with Crippen LogP contribution in [0.1, 0.15) is 41.4 Å². The minimum absolute atomic E-state index is 0.0133. The van der Waals surface area contributed by atoms with E-state index in [9.17, 15) is 9.59 Å². The molecule has 1 aliphatic rings. The van der Waals surface area contributed by atoms with Crippen LogP contribution in [-0.2, 0) is 0 Å². The Morgan fingerprint density at radius 2 is 1.94 bits per heavy atom. The van der Waals surface area contributed by atoms with E-state index in [0.717, 1.165) is 25.9 Å². The van der Waals surface area contributed by atoms with Crippen molar-refractivity contribution < 1.29 is 9.21 Å². The molecule has 1 aromatic heterocycles. The molecule has 18 heavy (non-hydrogen) atoms. The number of hydrogen-bond acceptors (Lipinski definition) is 3. The highest BCUT2D eigenvalue weighted by Gasteiger charge is 2.24. The normalized spacial score (nSPS) is 16.9. The molecule has 1 saturated heterocycles. The SMILES string of the molecule is Cc1cc(=O)oc(C)c1C(=O)N1CCC(C)CC1. The van der Waals surface area contributed by atoms with Gasteiger partial charge in [-0.05, 0) is 38.2 Å². The van der Waals surface area contributed by atoms with E-state index in [1.54, 1.807) is 13.8 Å². The van der Waals surface area contributed by atoms with Gasteiger partial charge in [0, 0.05) is 19.2 Å². The summed E-state index contributed by atoms with van der Waals surface area (Å²) in [6.45, 7) is 7.24. The number of likely N-dealkylation sites (tertiary alicyclic amines) is 1. The Hall–Kier alpha value is -1.58. The molecule has 4 heteroatoms. The van der Waals surface area contributed by atoms with Crippen molar-refractivity contribution in [2.75, 3.05) is 13.1 Å². The molecule has 0 saturated carbocycles. The molecule has 1 aliphatic heterocycles. The van der Waals surface area contributed by atoms with Crippen molar-refractivity contribution in [1.29, 1.82) is 0 Å². The highest BCUT2D eigenvalue weighted by atomic mass is 16.4. The third-order valence-corrected chi connectivity index (χ3v) is 3.62. The van der Waals surface area contributed by atoms with Gasteiger partial charge in [0.15, 0.2) is 0 Å². The lowest BCUT2D eigenvalue weighted by molar-refractivity contribution is 0.0692. The number of carbonyl (C=O) groups is 1. The van der Waals surface area contributed by atoms with Crippen LogP contribution in [0, 0.1) is 19.8 Å². The van der Waals surface area contributed by atoms with Gasteiger partial charge in [-0.3, -0.25) is 4.79 Å². The number of rotatable bonds is 1. The minimum atomic E-state index is -0.395. The average Bonchev–Trinajstić information content (AvgIpc) is 2.28. The summed E-state index contributed by atoms with van der Waals surface area (Å²) >= 11 is 0. The van der Waals surface area contributed by atoms with Crippen LogP contribution in [0.4, 0.5) is 0 Å². The first-order valence-corrected chi connectivity index (χ1v) is 6.39. The van der Waals surface area contributed by atoms with Crippen molar-refractivity contribution in [3.05, 3.63) is 33.4 Å². The molecule has 0 aliphatic carbocycles. The molecule has 0 atom stereocenters. The van der Waals surface area contributed by atoms with E-state index in [2.05, 4.69) is 6.92 Å². The van der Waals surface area contributed by atoms with Crippen molar-refractivity contribution in [2.45, 2.75) is 33.6 Å². The number of hydrogen-bond donors (Lipinski definition) is 0. The summed E-state index contributed by atoms with van der Waals surface area (Å²) in [5.74, 6) is 1.09. The molecule has 98 valence electrons. The van der Waals surface area contributed by atoms with Crippen molar-refractivity contribution >= 4 is 5.91 Å². The van der Waals surface area contributed by atoms with E-state index < -0.39 is 5.63 Å². The second-order valence-corrected chi connectivity index (χ2v) is 5.15. The fraction of sp³-hybridized carbons (Fsp3) is 0.571. The van der Waals surface area contributed by atoms with Gasteiger partial charge in [-0.25, -0.2) is 4.79 Å². The predicted molar refractivity (Wildman–Crippen MR) is 68.8 cm³/mol. The molecule has 0 spiro atoms. The predicted octanol–water partition coefficient (Wildman–Crippen LogP) is 2.13. The standard InChI is InChI=1S/C14H19NO3/c1-9-4-6-15(7-5-9)14(17)13-10(2)8-12(16)18-11(13)3/h8-9H,4-7H2,1-3H3. The number of carbonyl (C=O) groups excluding carboxylic acids is 1. The lowest BCUT2D eigenvalue weighted by Gasteiger charge is -2.30. The van der Waals surface area contributed by atoms with Gasteiger partial charge in [0.25, 0.3) is 5.91 Å². The maximum atomic E-state index is 12.4. The first kappa shape index (κ1) is 12.9. The maximum Gasteiger partial charge on any atom is 0.336 e. The zero-order chi connectivity index (χ0) is 13.3. The lowest BCUT2D eigenvalue weighted by Crippen LogP contribution is -2.38. The zero-order valence-corrected chi connectivity index (χ0v) is 11.2. The second-order valence-electron chi connectivity index (χ2n) is 5.15. The third-order valence-electron chi connectivity index (χ3n) is 3.62.